The maximum atomic E-state index is 13.0. The quantitative estimate of drug-likeness (QED) is 0.546. The first-order chi connectivity index (χ1) is 13.4. The molecule has 0 aliphatic rings. The van der Waals surface area contributed by atoms with Crippen LogP contribution in [0.25, 0.3) is 11.2 Å². The minimum Gasteiger partial charge on any atom is -0.325 e. The maximum absolute atomic E-state index is 13.0. The van der Waals surface area contributed by atoms with Gasteiger partial charge in [0.25, 0.3) is 5.56 Å². The largest absolute Gasteiger partial charge is 0.332 e. The standard InChI is InChI=1S/C18H28N8O2/c1-5-12(2)9-10-14-19-16-15(24(14)3)17(27)26(18(28)25(16)4)11-7-6-8-13-20-22-23-21-13/h12H,5-11H2,1-4H3,(H,20,21,22,23). The highest BCUT2D eigenvalue weighted by Crippen LogP contribution is 2.15. The van der Waals surface area contributed by atoms with E-state index < -0.39 is 0 Å². The fraction of sp³-hybridized carbons (Fsp3) is 0.667. The molecule has 0 saturated carbocycles. The SMILES string of the molecule is CCC(C)CCc1nc2c(c(=O)n(CCCCc3nn[nH]n3)c(=O)n2C)n1C. The molecule has 10 heteroatoms. The van der Waals surface area contributed by atoms with Crippen molar-refractivity contribution in [1.82, 2.24) is 39.3 Å². The summed E-state index contributed by atoms with van der Waals surface area (Å²) in [7, 11) is 3.53. The van der Waals surface area contributed by atoms with Crippen molar-refractivity contribution >= 4 is 11.2 Å². The minimum absolute atomic E-state index is 0.276. The second kappa shape index (κ2) is 8.49. The molecule has 1 atom stereocenters. The lowest BCUT2D eigenvalue weighted by atomic mass is 10.0. The summed E-state index contributed by atoms with van der Waals surface area (Å²) in [5.41, 5.74) is 0.338. The van der Waals surface area contributed by atoms with Crippen LogP contribution in [-0.4, -0.2) is 39.3 Å². The predicted molar refractivity (Wildman–Crippen MR) is 105 cm³/mol. The van der Waals surface area contributed by atoms with Crippen LogP contribution in [0.5, 0.6) is 0 Å². The summed E-state index contributed by atoms with van der Waals surface area (Å²) in [6, 6.07) is 0. The summed E-state index contributed by atoms with van der Waals surface area (Å²) in [5.74, 6) is 2.07. The zero-order chi connectivity index (χ0) is 20.3. The van der Waals surface area contributed by atoms with Crippen molar-refractivity contribution in [3.63, 3.8) is 0 Å². The molecule has 0 saturated heterocycles. The number of H-pyrrole nitrogens is 1. The highest BCUT2D eigenvalue weighted by Gasteiger charge is 2.18. The Morgan fingerprint density at radius 3 is 2.57 bits per heavy atom. The number of rotatable bonds is 9. The van der Waals surface area contributed by atoms with E-state index in [0.29, 0.717) is 42.3 Å². The monoisotopic (exact) mass is 388 g/mol. The van der Waals surface area contributed by atoms with Crippen molar-refractivity contribution in [3.8, 4) is 0 Å². The van der Waals surface area contributed by atoms with Gasteiger partial charge in [-0.3, -0.25) is 13.9 Å². The van der Waals surface area contributed by atoms with Crippen LogP contribution in [0.3, 0.4) is 0 Å². The first kappa shape index (κ1) is 20.0. The zero-order valence-electron chi connectivity index (χ0n) is 17.0. The van der Waals surface area contributed by atoms with Gasteiger partial charge < -0.3 is 4.57 Å². The number of aromatic amines is 1. The topological polar surface area (TPSA) is 116 Å². The second-order valence-electron chi connectivity index (χ2n) is 7.39. The molecule has 28 heavy (non-hydrogen) atoms. The van der Waals surface area contributed by atoms with E-state index in [1.165, 1.54) is 9.13 Å². The molecule has 0 aliphatic carbocycles. The van der Waals surface area contributed by atoms with Gasteiger partial charge >= 0.3 is 5.69 Å². The van der Waals surface area contributed by atoms with Gasteiger partial charge in [0.15, 0.2) is 17.0 Å². The lowest BCUT2D eigenvalue weighted by Gasteiger charge is -2.09. The smallest absolute Gasteiger partial charge is 0.325 e. The molecule has 0 radical (unpaired) electrons. The molecule has 10 nitrogen and oxygen atoms in total. The van der Waals surface area contributed by atoms with Crippen LogP contribution in [0.1, 0.15) is 51.2 Å². The average Bonchev–Trinajstić information content (AvgIpc) is 3.31. The number of nitrogens with zero attached hydrogens (tertiary/aromatic N) is 7. The van der Waals surface area contributed by atoms with Gasteiger partial charge in [0.1, 0.15) is 5.82 Å². The number of aromatic nitrogens is 8. The van der Waals surface area contributed by atoms with Gasteiger partial charge in [-0.1, -0.05) is 25.5 Å². The summed E-state index contributed by atoms with van der Waals surface area (Å²) in [6.07, 6.45) is 5.00. The third-order valence-electron chi connectivity index (χ3n) is 5.43. The first-order valence-corrected chi connectivity index (χ1v) is 9.81. The molecule has 1 N–H and O–H groups in total. The van der Waals surface area contributed by atoms with Crippen LogP contribution in [0.15, 0.2) is 9.59 Å². The van der Waals surface area contributed by atoms with Crippen LogP contribution in [-0.2, 0) is 33.5 Å². The van der Waals surface area contributed by atoms with Gasteiger partial charge in [-0.2, -0.15) is 5.21 Å². The van der Waals surface area contributed by atoms with Crippen molar-refractivity contribution in [2.24, 2.45) is 20.0 Å². The Morgan fingerprint density at radius 1 is 1.11 bits per heavy atom. The summed E-state index contributed by atoms with van der Waals surface area (Å²) < 4.78 is 4.62. The number of nitrogens with one attached hydrogen (secondary N) is 1. The predicted octanol–water partition coefficient (Wildman–Crippen LogP) is 0.948. The summed E-state index contributed by atoms with van der Waals surface area (Å²) >= 11 is 0. The molecule has 3 heterocycles. The van der Waals surface area contributed by atoms with E-state index in [9.17, 15) is 9.59 Å². The summed E-state index contributed by atoms with van der Waals surface area (Å²) in [5, 5.41) is 13.8. The maximum Gasteiger partial charge on any atom is 0.332 e. The van der Waals surface area contributed by atoms with Crippen LogP contribution in [0.4, 0.5) is 0 Å². The Bertz CT molecular complexity index is 1040. The van der Waals surface area contributed by atoms with Crippen LogP contribution in [0, 0.1) is 5.92 Å². The van der Waals surface area contributed by atoms with Gasteiger partial charge in [-0.25, -0.2) is 9.78 Å². The van der Waals surface area contributed by atoms with Crippen LogP contribution in [0.2, 0.25) is 0 Å². The highest BCUT2D eigenvalue weighted by molar-refractivity contribution is 5.70. The van der Waals surface area contributed by atoms with Gasteiger partial charge in [0.05, 0.1) is 0 Å². The summed E-state index contributed by atoms with van der Waals surface area (Å²) in [4.78, 5) is 30.3. The fourth-order valence-electron chi connectivity index (χ4n) is 3.33. The molecule has 0 bridgehead atoms. The van der Waals surface area contributed by atoms with Gasteiger partial charge in [-0.15, -0.1) is 10.2 Å². The van der Waals surface area contributed by atoms with E-state index in [-0.39, 0.29) is 11.2 Å². The Kier molecular flexibility index (Phi) is 6.05. The molecule has 3 aromatic rings. The van der Waals surface area contributed by atoms with Crippen molar-refractivity contribution in [1.29, 1.82) is 0 Å². The average molecular weight is 388 g/mol. The molecule has 3 rings (SSSR count). The summed E-state index contributed by atoms with van der Waals surface area (Å²) in [6.45, 7) is 4.73. The molecule has 0 spiro atoms. The molecule has 0 fully saturated rings. The van der Waals surface area contributed by atoms with Crippen molar-refractivity contribution in [2.45, 2.75) is 58.9 Å². The van der Waals surface area contributed by atoms with E-state index in [1.807, 2.05) is 11.6 Å². The van der Waals surface area contributed by atoms with E-state index in [0.717, 1.165) is 31.5 Å². The molecule has 0 aromatic carbocycles. The number of imidazole rings is 1. The Morgan fingerprint density at radius 2 is 1.89 bits per heavy atom. The van der Waals surface area contributed by atoms with Gasteiger partial charge in [0, 0.05) is 33.5 Å². The second-order valence-corrected chi connectivity index (χ2v) is 7.39. The molecule has 1 unspecified atom stereocenters. The fourth-order valence-corrected chi connectivity index (χ4v) is 3.33. The minimum atomic E-state index is -0.330. The van der Waals surface area contributed by atoms with E-state index in [1.54, 1.807) is 7.05 Å². The molecular formula is C18H28N8O2. The lowest BCUT2D eigenvalue weighted by molar-refractivity contribution is 0.505. The van der Waals surface area contributed by atoms with E-state index in [2.05, 4.69) is 39.5 Å². The van der Waals surface area contributed by atoms with Crippen molar-refractivity contribution in [2.75, 3.05) is 0 Å². The van der Waals surface area contributed by atoms with Gasteiger partial charge in [0.2, 0.25) is 0 Å². The van der Waals surface area contributed by atoms with E-state index >= 15 is 0 Å². The first-order valence-electron chi connectivity index (χ1n) is 9.81. The van der Waals surface area contributed by atoms with Crippen molar-refractivity contribution in [3.05, 3.63) is 32.5 Å². The number of fused-ring (bicyclic) bond motifs is 1. The number of unbranched alkanes of at least 4 members (excludes halogenated alkanes) is 1. The van der Waals surface area contributed by atoms with Crippen LogP contribution >= 0.6 is 0 Å². The van der Waals surface area contributed by atoms with Crippen molar-refractivity contribution < 1.29 is 0 Å². The van der Waals surface area contributed by atoms with E-state index in [4.69, 9.17) is 0 Å². The molecule has 152 valence electrons. The Labute approximate surface area is 162 Å². The molecular weight excluding hydrogens is 360 g/mol. The Hall–Kier alpha value is -2.78. The molecule has 0 amide bonds. The number of tetrazole rings is 1. The van der Waals surface area contributed by atoms with Crippen LogP contribution < -0.4 is 11.2 Å². The third-order valence-corrected chi connectivity index (χ3v) is 5.43. The number of hydrogen-bond donors (Lipinski definition) is 1. The molecule has 3 aromatic heterocycles. The third kappa shape index (κ3) is 3.90. The Balaban J connectivity index is 1.84. The lowest BCUT2D eigenvalue weighted by Crippen LogP contribution is -2.39. The highest BCUT2D eigenvalue weighted by atomic mass is 16.2. The zero-order valence-corrected chi connectivity index (χ0v) is 17.0. The number of hydrogen-bond acceptors (Lipinski definition) is 6. The number of aryl methyl sites for hydroxylation is 4. The normalized spacial score (nSPS) is 12.7. The van der Waals surface area contributed by atoms with Gasteiger partial charge in [-0.05, 0) is 25.2 Å². The molecule has 0 aliphatic heterocycles.